The van der Waals surface area contributed by atoms with E-state index in [0.29, 0.717) is 18.6 Å². The number of Topliss-reactive ketones (excluding diaryl/α,β-unsaturated/α-hetero) is 1. The van der Waals surface area contributed by atoms with Crippen LogP contribution in [0, 0.1) is 0 Å². The summed E-state index contributed by atoms with van der Waals surface area (Å²) in [6.45, 7) is 8.80. The molecule has 0 aromatic carbocycles. The van der Waals surface area contributed by atoms with E-state index in [0.717, 1.165) is 24.0 Å². The quantitative estimate of drug-likeness (QED) is 0.368. The van der Waals surface area contributed by atoms with E-state index in [1.165, 1.54) is 0 Å². The van der Waals surface area contributed by atoms with Crippen LogP contribution in [0.4, 0.5) is 0 Å². The zero-order valence-electron chi connectivity index (χ0n) is 11.4. The molecule has 0 unspecified atom stereocenters. The van der Waals surface area contributed by atoms with Gasteiger partial charge in [-0.2, -0.15) is 0 Å². The van der Waals surface area contributed by atoms with Crippen molar-refractivity contribution in [1.29, 1.82) is 0 Å². The lowest BCUT2D eigenvalue weighted by Crippen LogP contribution is -2.43. The van der Waals surface area contributed by atoms with Crippen molar-refractivity contribution < 1.29 is 18.8 Å². The van der Waals surface area contributed by atoms with Crippen molar-refractivity contribution in [1.82, 2.24) is 0 Å². The standard InChI is InChI=1S/C13H24NO3/c1-11(2)13(16)17-10-9-14(4,5)8-6-7-12(3)15/h1,6-10H2,2-5H3/q+1. The molecule has 17 heavy (non-hydrogen) atoms. The molecule has 0 heterocycles. The van der Waals surface area contributed by atoms with Crippen LogP contribution in [-0.4, -0.2) is 50.0 Å². The number of carbonyl (C=O) groups is 2. The summed E-state index contributed by atoms with van der Waals surface area (Å²) in [4.78, 5) is 22.0. The molecule has 0 saturated carbocycles. The van der Waals surface area contributed by atoms with Crippen LogP contribution in [0.1, 0.15) is 26.7 Å². The molecule has 0 N–H and O–H groups in total. The summed E-state index contributed by atoms with van der Waals surface area (Å²) in [7, 11) is 4.13. The van der Waals surface area contributed by atoms with Crippen LogP contribution in [0.25, 0.3) is 0 Å². The van der Waals surface area contributed by atoms with Crippen molar-refractivity contribution in [3.05, 3.63) is 12.2 Å². The van der Waals surface area contributed by atoms with E-state index in [-0.39, 0.29) is 11.8 Å². The minimum Gasteiger partial charge on any atom is -0.456 e. The molecule has 0 aliphatic carbocycles. The van der Waals surface area contributed by atoms with E-state index in [1.807, 2.05) is 0 Å². The summed E-state index contributed by atoms with van der Waals surface area (Å²) >= 11 is 0. The Hall–Kier alpha value is -1.16. The molecule has 0 fully saturated rings. The maximum Gasteiger partial charge on any atom is 0.333 e. The monoisotopic (exact) mass is 242 g/mol. The van der Waals surface area contributed by atoms with Crippen molar-refractivity contribution in [2.75, 3.05) is 33.8 Å². The summed E-state index contributed by atoms with van der Waals surface area (Å²) in [5.74, 6) is -0.118. The highest BCUT2D eigenvalue weighted by Crippen LogP contribution is 2.03. The van der Waals surface area contributed by atoms with Gasteiger partial charge in [0.15, 0.2) is 0 Å². The molecule has 0 spiro atoms. The molecule has 0 saturated heterocycles. The van der Waals surface area contributed by atoms with Crippen molar-refractivity contribution >= 4 is 11.8 Å². The van der Waals surface area contributed by atoms with Gasteiger partial charge in [-0.3, -0.25) is 0 Å². The number of quaternary nitrogens is 1. The third-order valence-corrected chi connectivity index (χ3v) is 2.57. The molecule has 0 bridgehead atoms. The van der Waals surface area contributed by atoms with E-state index in [2.05, 4.69) is 20.7 Å². The molecule has 0 atom stereocenters. The van der Waals surface area contributed by atoms with Gasteiger partial charge < -0.3 is 14.0 Å². The van der Waals surface area contributed by atoms with E-state index in [9.17, 15) is 9.59 Å². The van der Waals surface area contributed by atoms with Gasteiger partial charge in [0.1, 0.15) is 18.9 Å². The number of ketones is 1. The van der Waals surface area contributed by atoms with E-state index in [1.54, 1.807) is 13.8 Å². The number of hydrogen-bond donors (Lipinski definition) is 0. The first-order chi connectivity index (χ1) is 7.74. The van der Waals surface area contributed by atoms with Gasteiger partial charge in [-0.05, 0) is 13.8 Å². The maximum atomic E-state index is 11.2. The summed E-state index contributed by atoms with van der Waals surface area (Å²) in [6.07, 6.45) is 1.49. The fourth-order valence-electron chi connectivity index (χ4n) is 1.38. The lowest BCUT2D eigenvalue weighted by Gasteiger charge is -2.29. The van der Waals surface area contributed by atoms with E-state index < -0.39 is 0 Å². The molecule has 0 aromatic rings. The fraction of sp³-hybridized carbons (Fsp3) is 0.692. The normalized spacial score (nSPS) is 11.1. The van der Waals surface area contributed by atoms with Gasteiger partial charge in [0.25, 0.3) is 0 Å². The third-order valence-electron chi connectivity index (χ3n) is 2.57. The number of carbonyl (C=O) groups excluding carboxylic acids is 2. The van der Waals surface area contributed by atoms with Gasteiger partial charge in [-0.25, -0.2) is 4.79 Å². The Bertz CT molecular complexity index is 295. The van der Waals surface area contributed by atoms with Gasteiger partial charge in [0.05, 0.1) is 20.6 Å². The molecule has 0 aliphatic heterocycles. The second kappa shape index (κ2) is 7.22. The van der Waals surface area contributed by atoms with Crippen molar-refractivity contribution in [3.63, 3.8) is 0 Å². The molecule has 4 heteroatoms. The van der Waals surface area contributed by atoms with E-state index >= 15 is 0 Å². The molecule has 0 rings (SSSR count). The summed E-state index contributed by atoms with van der Waals surface area (Å²) in [5.41, 5.74) is 0.423. The van der Waals surface area contributed by atoms with Crippen LogP contribution < -0.4 is 0 Å². The first kappa shape index (κ1) is 15.8. The number of likely N-dealkylation sites (N-methyl/N-ethyl adjacent to an activating group) is 1. The van der Waals surface area contributed by atoms with Gasteiger partial charge in [0, 0.05) is 18.4 Å². The van der Waals surface area contributed by atoms with Crippen molar-refractivity contribution in [3.8, 4) is 0 Å². The van der Waals surface area contributed by atoms with Gasteiger partial charge in [-0.1, -0.05) is 6.58 Å². The van der Waals surface area contributed by atoms with Crippen LogP contribution in [0.3, 0.4) is 0 Å². The van der Waals surface area contributed by atoms with E-state index in [4.69, 9.17) is 4.74 Å². The lowest BCUT2D eigenvalue weighted by atomic mass is 10.2. The highest BCUT2D eigenvalue weighted by molar-refractivity contribution is 5.86. The van der Waals surface area contributed by atoms with Gasteiger partial charge in [0.2, 0.25) is 0 Å². The minimum absolute atomic E-state index is 0.221. The largest absolute Gasteiger partial charge is 0.456 e. The Morgan fingerprint density at radius 2 is 1.76 bits per heavy atom. The molecular formula is C13H24NO3+. The highest BCUT2D eigenvalue weighted by Gasteiger charge is 2.16. The molecule has 98 valence electrons. The number of hydrogen-bond acceptors (Lipinski definition) is 3. The van der Waals surface area contributed by atoms with Crippen LogP contribution in [0.15, 0.2) is 12.2 Å². The maximum absolute atomic E-state index is 11.2. The number of esters is 1. The fourth-order valence-corrected chi connectivity index (χ4v) is 1.38. The molecular weight excluding hydrogens is 218 g/mol. The summed E-state index contributed by atoms with van der Waals surface area (Å²) in [6, 6.07) is 0. The molecule has 0 amide bonds. The smallest absolute Gasteiger partial charge is 0.333 e. The first-order valence-corrected chi connectivity index (χ1v) is 5.89. The average molecular weight is 242 g/mol. The second-order valence-electron chi connectivity index (χ2n) is 5.10. The Balaban J connectivity index is 3.81. The number of nitrogens with zero attached hydrogens (tertiary/aromatic N) is 1. The average Bonchev–Trinajstić information content (AvgIpc) is 2.15. The zero-order chi connectivity index (χ0) is 13.5. The van der Waals surface area contributed by atoms with Crippen LogP contribution in [0.5, 0.6) is 0 Å². The number of ether oxygens (including phenoxy) is 1. The minimum atomic E-state index is -0.339. The first-order valence-electron chi connectivity index (χ1n) is 5.89. The number of rotatable bonds is 8. The molecule has 0 aromatic heterocycles. The zero-order valence-corrected chi connectivity index (χ0v) is 11.4. The van der Waals surface area contributed by atoms with Crippen molar-refractivity contribution in [2.24, 2.45) is 0 Å². The van der Waals surface area contributed by atoms with Crippen molar-refractivity contribution in [2.45, 2.75) is 26.7 Å². The Morgan fingerprint density at radius 1 is 1.18 bits per heavy atom. The lowest BCUT2D eigenvalue weighted by molar-refractivity contribution is -0.890. The summed E-state index contributed by atoms with van der Waals surface area (Å²) < 4.78 is 5.79. The van der Waals surface area contributed by atoms with Crippen LogP contribution in [0.2, 0.25) is 0 Å². The topological polar surface area (TPSA) is 43.4 Å². The predicted molar refractivity (Wildman–Crippen MR) is 67.5 cm³/mol. The summed E-state index contributed by atoms with van der Waals surface area (Å²) in [5, 5.41) is 0. The predicted octanol–water partition coefficient (Wildman–Crippen LogP) is 1.55. The molecule has 0 radical (unpaired) electrons. The molecule has 4 nitrogen and oxygen atoms in total. The highest BCUT2D eigenvalue weighted by atomic mass is 16.5. The SMILES string of the molecule is C=C(C)C(=O)OCC[N+](C)(C)CCCC(C)=O. The van der Waals surface area contributed by atoms with Gasteiger partial charge in [-0.15, -0.1) is 0 Å². The Kier molecular flexibility index (Phi) is 6.73. The third kappa shape index (κ3) is 8.63. The Morgan fingerprint density at radius 3 is 2.24 bits per heavy atom. The van der Waals surface area contributed by atoms with Crippen LogP contribution in [-0.2, 0) is 14.3 Å². The van der Waals surface area contributed by atoms with Gasteiger partial charge >= 0.3 is 5.97 Å². The van der Waals surface area contributed by atoms with Crippen LogP contribution >= 0.6 is 0 Å². The Labute approximate surface area is 104 Å². The molecule has 0 aliphatic rings. The second-order valence-corrected chi connectivity index (χ2v) is 5.10.